The van der Waals surface area contributed by atoms with Crippen LogP contribution in [0.4, 0.5) is 0 Å². The molecule has 1 spiro atoms. The second-order valence-electron chi connectivity index (χ2n) is 20.6. The number of aliphatic hydroxyl groups is 5. The Balaban J connectivity index is 1.12. The zero-order chi connectivity index (χ0) is 40.1. The number of ketones is 1. The molecule has 0 aromatic heterocycles. The number of aliphatic hydroxyl groups excluding tert-OH is 2. The van der Waals surface area contributed by atoms with Crippen molar-refractivity contribution in [1.82, 2.24) is 5.32 Å². The summed E-state index contributed by atoms with van der Waals surface area (Å²) in [5.74, 6) is 0.101. The molecule has 5 fully saturated rings. The predicted molar refractivity (Wildman–Crippen MR) is 216 cm³/mol. The number of allylic oxidation sites excluding steroid dienone is 3. The summed E-state index contributed by atoms with van der Waals surface area (Å²) in [5, 5.41) is 63.6. The number of rotatable bonds is 11. The maximum absolute atomic E-state index is 14.5. The van der Waals surface area contributed by atoms with Crippen molar-refractivity contribution in [2.75, 3.05) is 13.2 Å². The number of fused-ring (bicyclic) bond motifs is 6. The maximum Gasteiger partial charge on any atom is 0.159 e. The monoisotopic (exact) mass is 773 g/mol. The number of benzene rings is 1. The van der Waals surface area contributed by atoms with Gasteiger partial charge in [0.2, 0.25) is 0 Å². The van der Waals surface area contributed by atoms with E-state index in [4.69, 9.17) is 10.5 Å². The molecule has 56 heavy (non-hydrogen) atoms. The lowest BCUT2D eigenvalue weighted by Gasteiger charge is -2.67. The van der Waals surface area contributed by atoms with Crippen LogP contribution in [0.2, 0.25) is 0 Å². The van der Waals surface area contributed by atoms with Crippen LogP contribution in [0.5, 0.6) is 0 Å². The average molecular weight is 773 g/mol. The van der Waals surface area contributed by atoms with Gasteiger partial charge in [0.05, 0.1) is 35.3 Å². The van der Waals surface area contributed by atoms with Crippen molar-refractivity contribution in [2.24, 2.45) is 51.1 Å². The quantitative estimate of drug-likeness (QED) is 0.141. The van der Waals surface area contributed by atoms with Gasteiger partial charge in [-0.25, -0.2) is 0 Å². The molecule has 0 amide bonds. The lowest BCUT2D eigenvalue weighted by molar-refractivity contribution is -0.193. The first-order valence-corrected chi connectivity index (χ1v) is 21.7. The van der Waals surface area contributed by atoms with Crippen molar-refractivity contribution in [3.05, 3.63) is 71.1 Å². The van der Waals surface area contributed by atoms with E-state index in [0.717, 1.165) is 49.7 Å². The molecule has 8 N–H and O–H groups in total. The zero-order valence-electron chi connectivity index (χ0n) is 34.4. The van der Waals surface area contributed by atoms with Gasteiger partial charge in [0, 0.05) is 23.3 Å². The van der Waals surface area contributed by atoms with E-state index in [2.05, 4.69) is 49.5 Å². The third-order valence-electron chi connectivity index (χ3n) is 17.8. The minimum Gasteiger partial charge on any atom is -0.396 e. The van der Waals surface area contributed by atoms with E-state index in [1.165, 1.54) is 5.56 Å². The normalized spacial score (nSPS) is 41.8. The third kappa shape index (κ3) is 5.87. The van der Waals surface area contributed by atoms with Gasteiger partial charge in [0.15, 0.2) is 5.78 Å². The summed E-state index contributed by atoms with van der Waals surface area (Å²) in [6.07, 6.45) is 13.8. The summed E-state index contributed by atoms with van der Waals surface area (Å²) >= 11 is 0. The SMILES string of the molecule is CC(O)(C1OC1C(C)(O)C(C)(CO)CCC1=CCNC(N)=C1)C1CCC2(O)C3=CC(=O)C4CC(O)CC5(CCCC5)C4(C)C3C(CCc3ccccc3)CC12C. The maximum atomic E-state index is 14.5. The van der Waals surface area contributed by atoms with Crippen LogP contribution < -0.4 is 11.1 Å². The van der Waals surface area contributed by atoms with Gasteiger partial charge in [-0.15, -0.1) is 0 Å². The number of hydrogen-bond donors (Lipinski definition) is 7. The number of hydrogen-bond acceptors (Lipinski definition) is 9. The Bertz CT molecular complexity index is 1780. The van der Waals surface area contributed by atoms with Crippen LogP contribution in [-0.2, 0) is 16.0 Å². The van der Waals surface area contributed by atoms with E-state index in [-0.39, 0.29) is 41.5 Å². The lowest BCUT2D eigenvalue weighted by atomic mass is 9.37. The minimum atomic E-state index is -1.46. The molecule has 1 saturated heterocycles. The van der Waals surface area contributed by atoms with Gasteiger partial charge in [0.25, 0.3) is 0 Å². The summed E-state index contributed by atoms with van der Waals surface area (Å²) in [7, 11) is 0. The topological polar surface area (TPSA) is 169 Å². The van der Waals surface area contributed by atoms with Gasteiger partial charge in [-0.2, -0.15) is 0 Å². The highest BCUT2D eigenvalue weighted by atomic mass is 16.6. The molecule has 1 aromatic rings. The summed E-state index contributed by atoms with van der Waals surface area (Å²) in [5.41, 5.74) is 2.73. The van der Waals surface area contributed by atoms with Crippen molar-refractivity contribution >= 4 is 5.78 Å². The fourth-order valence-corrected chi connectivity index (χ4v) is 14.3. The average Bonchev–Trinajstić information content (AvgIpc) is 3.78. The van der Waals surface area contributed by atoms with Crippen molar-refractivity contribution in [3.63, 3.8) is 0 Å². The van der Waals surface area contributed by atoms with E-state index >= 15 is 0 Å². The number of aryl methyl sites for hydroxylation is 1. The van der Waals surface area contributed by atoms with Gasteiger partial charge >= 0.3 is 0 Å². The van der Waals surface area contributed by atoms with Crippen molar-refractivity contribution in [2.45, 2.75) is 153 Å². The molecule has 1 aromatic carbocycles. The Morgan fingerprint density at radius 2 is 1.70 bits per heavy atom. The molecule has 4 saturated carbocycles. The molecule has 7 aliphatic rings. The Hall–Kier alpha value is -2.53. The summed E-state index contributed by atoms with van der Waals surface area (Å²) < 4.78 is 6.35. The molecule has 2 heterocycles. The van der Waals surface area contributed by atoms with Crippen LogP contribution in [0.3, 0.4) is 0 Å². The van der Waals surface area contributed by atoms with Crippen LogP contribution in [0.1, 0.15) is 117 Å². The van der Waals surface area contributed by atoms with E-state index in [1.54, 1.807) is 13.0 Å². The molecule has 9 heteroatoms. The molecule has 308 valence electrons. The summed E-state index contributed by atoms with van der Waals surface area (Å²) in [6.45, 7) is 10.3. The Morgan fingerprint density at radius 1 is 0.982 bits per heavy atom. The fraction of sp³-hybridized carbons (Fsp3) is 0.723. The van der Waals surface area contributed by atoms with Gasteiger partial charge in [-0.05, 0) is 142 Å². The Kier molecular flexibility index (Phi) is 9.90. The third-order valence-corrected chi connectivity index (χ3v) is 17.8. The van der Waals surface area contributed by atoms with E-state index < -0.39 is 51.4 Å². The molecule has 13 atom stereocenters. The number of carbonyl (C=O) groups is 1. The van der Waals surface area contributed by atoms with Crippen molar-refractivity contribution in [1.29, 1.82) is 0 Å². The molecule has 9 nitrogen and oxygen atoms in total. The number of nitrogens with two attached hydrogens (primary N) is 1. The van der Waals surface area contributed by atoms with Crippen LogP contribution in [0.25, 0.3) is 0 Å². The minimum absolute atomic E-state index is 0.0162. The van der Waals surface area contributed by atoms with Crippen LogP contribution >= 0.6 is 0 Å². The zero-order valence-corrected chi connectivity index (χ0v) is 34.4. The second-order valence-corrected chi connectivity index (χ2v) is 20.6. The summed E-state index contributed by atoms with van der Waals surface area (Å²) in [6, 6.07) is 10.6. The van der Waals surface area contributed by atoms with Crippen molar-refractivity contribution in [3.8, 4) is 0 Å². The van der Waals surface area contributed by atoms with Crippen LogP contribution in [0, 0.1) is 45.3 Å². The standard InChI is InChI=1S/C47H68N2O7/c1-41(28-50,20-15-30-17-22-49-37(48)23-30)45(5,54)40-39(56-40)44(4,53)36-16-21-47(55)34-25-35(52)33-24-32(51)27-46(18-9-10-19-46)43(33,3)38(34)31(26-42(36,47)2)14-13-29-11-7-6-8-12-29/h6-8,11-12,17,23,25,31-33,36,38-40,49-51,53-55H,9-10,13-16,18-22,24,26-28,48H2,1-5H3. The number of dihydropyridines is 1. The van der Waals surface area contributed by atoms with E-state index in [0.29, 0.717) is 57.3 Å². The predicted octanol–water partition coefficient (Wildman–Crippen LogP) is 5.63. The first kappa shape index (κ1) is 40.3. The lowest BCUT2D eigenvalue weighted by Crippen LogP contribution is -2.67. The molecule has 5 aliphatic carbocycles. The number of ether oxygens (including phenoxy) is 1. The molecule has 8 rings (SSSR count). The Morgan fingerprint density at radius 3 is 2.38 bits per heavy atom. The first-order valence-electron chi connectivity index (χ1n) is 21.7. The molecular formula is C47H68N2O7. The highest BCUT2D eigenvalue weighted by molar-refractivity contribution is 5.95. The number of nitrogens with one attached hydrogen (secondary N) is 1. The summed E-state index contributed by atoms with van der Waals surface area (Å²) in [4.78, 5) is 14.5. The van der Waals surface area contributed by atoms with E-state index in [1.807, 2.05) is 26.0 Å². The fourth-order valence-electron chi connectivity index (χ4n) is 14.3. The smallest absolute Gasteiger partial charge is 0.159 e. The molecular weight excluding hydrogens is 705 g/mol. The molecule has 0 radical (unpaired) electrons. The highest BCUT2D eigenvalue weighted by Crippen LogP contribution is 2.75. The largest absolute Gasteiger partial charge is 0.396 e. The van der Waals surface area contributed by atoms with Gasteiger partial charge in [-0.3, -0.25) is 4.79 Å². The molecule has 0 bridgehead atoms. The van der Waals surface area contributed by atoms with Crippen LogP contribution in [0.15, 0.2) is 65.5 Å². The first-order chi connectivity index (χ1) is 26.4. The second kappa shape index (κ2) is 13.8. The molecule has 13 unspecified atom stereocenters. The van der Waals surface area contributed by atoms with Gasteiger partial charge in [0.1, 0.15) is 12.2 Å². The van der Waals surface area contributed by atoms with E-state index in [9.17, 15) is 30.3 Å². The highest BCUT2D eigenvalue weighted by Gasteiger charge is 2.76. The van der Waals surface area contributed by atoms with Gasteiger partial charge < -0.3 is 41.3 Å². The number of epoxide rings is 1. The number of carbonyl (C=O) groups excluding carboxylic acids is 1. The molecule has 2 aliphatic heterocycles. The van der Waals surface area contributed by atoms with Crippen LogP contribution in [-0.4, -0.2) is 79.6 Å². The van der Waals surface area contributed by atoms with Gasteiger partial charge in [-0.1, -0.05) is 70.0 Å². The Labute approximate surface area is 333 Å². The van der Waals surface area contributed by atoms with Crippen molar-refractivity contribution < 1.29 is 35.1 Å².